The summed E-state index contributed by atoms with van der Waals surface area (Å²) in [5, 5.41) is 9.12. The lowest BCUT2D eigenvalue weighted by Gasteiger charge is -2.51. The largest absolute Gasteiger partial charge is 0.373 e. The van der Waals surface area contributed by atoms with Gasteiger partial charge in [0.25, 0.3) is 0 Å². The maximum Gasteiger partial charge on any atom is 0.181 e. The van der Waals surface area contributed by atoms with Crippen LogP contribution in [0.3, 0.4) is 0 Å². The van der Waals surface area contributed by atoms with Gasteiger partial charge in [-0.05, 0) is 33.1 Å². The molecule has 3 atom stereocenters. The van der Waals surface area contributed by atoms with E-state index in [2.05, 4.69) is 13.8 Å². The van der Waals surface area contributed by atoms with Crippen molar-refractivity contribution in [3.8, 4) is 6.07 Å². The Morgan fingerprint density at radius 1 is 1.50 bits per heavy atom. The average molecular weight is 247 g/mol. The van der Waals surface area contributed by atoms with Crippen LogP contribution in [0.4, 0.5) is 0 Å². The molecule has 0 bridgehead atoms. The molecule has 2 rings (SSSR count). The maximum absolute atomic E-state index is 12.3. The molecule has 0 amide bonds. The summed E-state index contributed by atoms with van der Waals surface area (Å²) < 4.78 is 6.15. The Balaban J connectivity index is 2.45. The first-order valence-electron chi connectivity index (χ1n) is 6.68. The minimum Gasteiger partial charge on any atom is -0.373 e. The van der Waals surface area contributed by atoms with Gasteiger partial charge < -0.3 is 4.74 Å². The molecule has 0 saturated carbocycles. The fourth-order valence-electron chi connectivity index (χ4n) is 3.41. The Kier molecular flexibility index (Phi) is 3.11. The SMILES string of the molecule is CC[C@H]1CC[C@@]2(C)C=C(C#N)C(=O)C(C)(C)[C@@H]2O1. The number of ether oxygens (including phenoxy) is 1. The van der Waals surface area contributed by atoms with E-state index in [1.807, 2.05) is 26.0 Å². The van der Waals surface area contributed by atoms with E-state index in [4.69, 9.17) is 10.00 Å². The number of nitriles is 1. The van der Waals surface area contributed by atoms with Crippen molar-refractivity contribution >= 4 is 5.78 Å². The third-order valence-corrected chi connectivity index (χ3v) is 4.47. The fraction of sp³-hybridized carbons (Fsp3) is 0.733. The van der Waals surface area contributed by atoms with Gasteiger partial charge in [0, 0.05) is 5.41 Å². The minimum atomic E-state index is -0.609. The number of Topliss-reactive ketones (excluding diaryl/α,β-unsaturated/α-hetero) is 1. The van der Waals surface area contributed by atoms with Crippen molar-refractivity contribution in [2.24, 2.45) is 10.8 Å². The molecule has 0 spiro atoms. The summed E-state index contributed by atoms with van der Waals surface area (Å²) in [5.41, 5.74) is -0.492. The smallest absolute Gasteiger partial charge is 0.181 e. The molecule has 1 aliphatic carbocycles. The Hall–Kier alpha value is -1.14. The predicted molar refractivity (Wildman–Crippen MR) is 68.8 cm³/mol. The molecule has 18 heavy (non-hydrogen) atoms. The molecule has 3 heteroatoms. The van der Waals surface area contributed by atoms with Crippen LogP contribution in [0.1, 0.15) is 47.0 Å². The van der Waals surface area contributed by atoms with E-state index in [1.54, 1.807) is 0 Å². The van der Waals surface area contributed by atoms with Gasteiger partial charge in [0.05, 0.1) is 23.2 Å². The van der Waals surface area contributed by atoms with Gasteiger partial charge in [-0.25, -0.2) is 0 Å². The summed E-state index contributed by atoms with van der Waals surface area (Å²) in [4.78, 5) is 12.3. The van der Waals surface area contributed by atoms with Crippen LogP contribution >= 0.6 is 0 Å². The Bertz CT molecular complexity index is 444. The zero-order chi connectivity index (χ0) is 13.6. The summed E-state index contributed by atoms with van der Waals surface area (Å²) >= 11 is 0. The van der Waals surface area contributed by atoms with Crippen molar-refractivity contribution in [3.63, 3.8) is 0 Å². The standard InChI is InChI=1S/C15H21NO2/c1-5-11-6-7-15(4)8-10(9-16)12(17)14(2,3)13(15)18-11/h8,11,13H,5-7H2,1-4H3/t11-,13-,15-/m0/s1. The normalized spacial score (nSPS) is 38.6. The zero-order valence-electron chi connectivity index (χ0n) is 11.6. The molecule has 2 aliphatic rings. The molecule has 0 aromatic carbocycles. The second-order valence-corrected chi connectivity index (χ2v) is 6.31. The molecule has 0 radical (unpaired) electrons. The highest BCUT2D eigenvalue weighted by Gasteiger charge is 2.54. The van der Waals surface area contributed by atoms with Gasteiger partial charge in [0.2, 0.25) is 0 Å². The summed E-state index contributed by atoms with van der Waals surface area (Å²) in [6.45, 7) is 8.03. The number of hydrogen-bond acceptors (Lipinski definition) is 3. The topological polar surface area (TPSA) is 50.1 Å². The van der Waals surface area contributed by atoms with Gasteiger partial charge in [0.1, 0.15) is 6.07 Å². The maximum atomic E-state index is 12.3. The Labute approximate surface area is 109 Å². The van der Waals surface area contributed by atoms with E-state index < -0.39 is 5.41 Å². The third-order valence-electron chi connectivity index (χ3n) is 4.47. The quantitative estimate of drug-likeness (QED) is 0.715. The van der Waals surface area contributed by atoms with Gasteiger partial charge in [-0.15, -0.1) is 0 Å². The van der Waals surface area contributed by atoms with Crippen LogP contribution < -0.4 is 0 Å². The highest BCUT2D eigenvalue weighted by molar-refractivity contribution is 6.04. The first-order valence-corrected chi connectivity index (χ1v) is 6.68. The van der Waals surface area contributed by atoms with Gasteiger partial charge in [-0.3, -0.25) is 4.79 Å². The third kappa shape index (κ3) is 1.80. The number of hydrogen-bond donors (Lipinski definition) is 0. The molecule has 1 aliphatic heterocycles. The van der Waals surface area contributed by atoms with Crippen molar-refractivity contribution in [2.75, 3.05) is 0 Å². The van der Waals surface area contributed by atoms with E-state index in [9.17, 15) is 4.79 Å². The first-order chi connectivity index (χ1) is 8.35. The molecule has 0 N–H and O–H groups in total. The van der Waals surface area contributed by atoms with Crippen LogP contribution in [-0.2, 0) is 9.53 Å². The number of carbonyl (C=O) groups is 1. The van der Waals surface area contributed by atoms with E-state index in [0.717, 1.165) is 19.3 Å². The first kappa shape index (κ1) is 13.3. The van der Waals surface area contributed by atoms with Crippen LogP contribution in [0.2, 0.25) is 0 Å². The van der Waals surface area contributed by atoms with Crippen LogP contribution in [0.25, 0.3) is 0 Å². The van der Waals surface area contributed by atoms with Crippen molar-refractivity contribution in [2.45, 2.75) is 59.2 Å². The van der Waals surface area contributed by atoms with E-state index >= 15 is 0 Å². The van der Waals surface area contributed by atoms with Crippen LogP contribution in [0.15, 0.2) is 11.6 Å². The lowest BCUT2D eigenvalue weighted by molar-refractivity contribution is -0.171. The lowest BCUT2D eigenvalue weighted by atomic mass is 9.60. The summed E-state index contributed by atoms with van der Waals surface area (Å²) in [6.07, 6.45) is 4.93. The van der Waals surface area contributed by atoms with Gasteiger partial charge in [-0.2, -0.15) is 5.26 Å². The molecule has 0 aromatic rings. The predicted octanol–water partition coefficient (Wildman–Crippen LogP) is 3.01. The molecule has 1 saturated heterocycles. The molecule has 3 nitrogen and oxygen atoms in total. The minimum absolute atomic E-state index is 0.0794. The number of ketones is 1. The lowest BCUT2D eigenvalue weighted by Crippen LogP contribution is -2.55. The Morgan fingerprint density at radius 3 is 2.72 bits per heavy atom. The summed E-state index contributed by atoms with van der Waals surface area (Å²) in [5.74, 6) is -0.0794. The Morgan fingerprint density at radius 2 is 2.17 bits per heavy atom. The molecular weight excluding hydrogens is 226 g/mol. The van der Waals surface area contributed by atoms with Crippen molar-refractivity contribution in [3.05, 3.63) is 11.6 Å². The zero-order valence-corrected chi connectivity index (χ0v) is 11.6. The number of nitrogens with zero attached hydrogens (tertiary/aromatic N) is 1. The summed E-state index contributed by atoms with van der Waals surface area (Å²) in [7, 11) is 0. The molecule has 1 heterocycles. The van der Waals surface area contributed by atoms with Crippen molar-refractivity contribution in [1.82, 2.24) is 0 Å². The van der Waals surface area contributed by atoms with Gasteiger partial charge in [0.15, 0.2) is 5.78 Å². The van der Waals surface area contributed by atoms with Crippen molar-refractivity contribution in [1.29, 1.82) is 5.26 Å². The highest BCUT2D eigenvalue weighted by atomic mass is 16.5. The monoisotopic (exact) mass is 247 g/mol. The van der Waals surface area contributed by atoms with Crippen molar-refractivity contribution < 1.29 is 9.53 Å². The number of carbonyl (C=O) groups excluding carboxylic acids is 1. The van der Waals surface area contributed by atoms with E-state index in [-0.39, 0.29) is 23.4 Å². The van der Waals surface area contributed by atoms with Crippen LogP contribution in [-0.4, -0.2) is 18.0 Å². The summed E-state index contributed by atoms with van der Waals surface area (Å²) in [6, 6.07) is 2.05. The van der Waals surface area contributed by atoms with Gasteiger partial charge in [-0.1, -0.05) is 19.9 Å². The van der Waals surface area contributed by atoms with E-state index in [0.29, 0.717) is 5.57 Å². The number of fused-ring (bicyclic) bond motifs is 1. The second kappa shape index (κ2) is 4.20. The number of allylic oxidation sites excluding steroid dienone is 1. The van der Waals surface area contributed by atoms with E-state index in [1.165, 1.54) is 0 Å². The second-order valence-electron chi connectivity index (χ2n) is 6.31. The van der Waals surface area contributed by atoms with Crippen LogP contribution in [0.5, 0.6) is 0 Å². The highest BCUT2D eigenvalue weighted by Crippen LogP contribution is 2.50. The molecule has 0 aromatic heterocycles. The molecular formula is C15H21NO2. The average Bonchev–Trinajstić information content (AvgIpc) is 2.34. The molecule has 0 unspecified atom stereocenters. The van der Waals surface area contributed by atoms with Gasteiger partial charge >= 0.3 is 0 Å². The fourth-order valence-corrected chi connectivity index (χ4v) is 3.41. The molecule has 1 fully saturated rings. The van der Waals surface area contributed by atoms with Crippen LogP contribution in [0, 0.1) is 22.2 Å². The number of rotatable bonds is 1. The molecule has 98 valence electrons.